The second-order valence-electron chi connectivity index (χ2n) is 7.75. The SMILES string of the molecule is CC.Cc1cc(Cl)c2c(c1)C(c1ccc(NC(=O)OCCN(C)C)cc1)CN(C)C2. The molecule has 1 atom stereocenters. The van der Waals surface area contributed by atoms with E-state index in [-0.39, 0.29) is 5.92 Å². The highest BCUT2D eigenvalue weighted by atomic mass is 35.5. The number of nitrogens with zero attached hydrogens (tertiary/aromatic N) is 2. The molecule has 3 rings (SSSR count). The maximum Gasteiger partial charge on any atom is 0.411 e. The summed E-state index contributed by atoms with van der Waals surface area (Å²) >= 11 is 6.52. The van der Waals surface area contributed by atoms with Gasteiger partial charge in [0, 0.05) is 36.3 Å². The van der Waals surface area contributed by atoms with Crippen LogP contribution in [0.3, 0.4) is 0 Å². The zero-order valence-corrected chi connectivity index (χ0v) is 19.7. The monoisotopic (exact) mass is 431 g/mol. The molecular weight excluding hydrogens is 398 g/mol. The Morgan fingerprint density at radius 2 is 1.90 bits per heavy atom. The van der Waals surface area contributed by atoms with Crippen LogP contribution in [0, 0.1) is 6.92 Å². The maximum absolute atomic E-state index is 11.9. The third kappa shape index (κ3) is 6.46. The van der Waals surface area contributed by atoms with Gasteiger partial charge in [-0.1, -0.05) is 43.6 Å². The molecule has 1 aliphatic heterocycles. The third-order valence-electron chi connectivity index (χ3n) is 5.00. The van der Waals surface area contributed by atoms with Crippen LogP contribution in [-0.4, -0.2) is 56.7 Å². The average Bonchev–Trinajstić information content (AvgIpc) is 2.70. The number of hydrogen-bond donors (Lipinski definition) is 1. The lowest BCUT2D eigenvalue weighted by atomic mass is 9.84. The molecule has 1 amide bonds. The van der Waals surface area contributed by atoms with Crippen LogP contribution < -0.4 is 5.32 Å². The van der Waals surface area contributed by atoms with Crippen LogP contribution in [-0.2, 0) is 11.3 Å². The molecule has 30 heavy (non-hydrogen) atoms. The highest BCUT2D eigenvalue weighted by Crippen LogP contribution is 2.37. The molecule has 0 spiro atoms. The van der Waals surface area contributed by atoms with Crippen LogP contribution in [0.2, 0.25) is 5.02 Å². The topological polar surface area (TPSA) is 44.8 Å². The molecule has 1 heterocycles. The van der Waals surface area contributed by atoms with Gasteiger partial charge in [0.15, 0.2) is 0 Å². The highest BCUT2D eigenvalue weighted by molar-refractivity contribution is 6.31. The summed E-state index contributed by atoms with van der Waals surface area (Å²) in [6.45, 7) is 8.94. The van der Waals surface area contributed by atoms with Crippen molar-refractivity contribution in [3.05, 3.63) is 63.7 Å². The molecule has 2 aromatic rings. The van der Waals surface area contributed by atoms with Crippen molar-refractivity contribution in [1.29, 1.82) is 0 Å². The number of benzene rings is 2. The highest BCUT2D eigenvalue weighted by Gasteiger charge is 2.26. The summed E-state index contributed by atoms with van der Waals surface area (Å²) in [7, 11) is 6.00. The average molecular weight is 432 g/mol. The van der Waals surface area contributed by atoms with E-state index >= 15 is 0 Å². The summed E-state index contributed by atoms with van der Waals surface area (Å²) in [6.07, 6.45) is -0.431. The summed E-state index contributed by atoms with van der Waals surface area (Å²) in [5, 5.41) is 3.62. The van der Waals surface area contributed by atoms with E-state index < -0.39 is 6.09 Å². The van der Waals surface area contributed by atoms with Crippen LogP contribution >= 0.6 is 11.6 Å². The van der Waals surface area contributed by atoms with Crippen LogP contribution in [0.1, 0.15) is 42.0 Å². The number of fused-ring (bicyclic) bond motifs is 1. The zero-order chi connectivity index (χ0) is 22.3. The van der Waals surface area contributed by atoms with Gasteiger partial charge in [0.2, 0.25) is 0 Å². The number of carbonyl (C=O) groups is 1. The van der Waals surface area contributed by atoms with Gasteiger partial charge in [0.1, 0.15) is 6.61 Å². The van der Waals surface area contributed by atoms with Crippen molar-refractivity contribution in [3.8, 4) is 0 Å². The lowest BCUT2D eigenvalue weighted by Gasteiger charge is -2.33. The van der Waals surface area contributed by atoms with E-state index in [1.165, 1.54) is 22.3 Å². The minimum Gasteiger partial charge on any atom is -0.448 e. The first-order valence-corrected chi connectivity index (χ1v) is 10.9. The molecule has 0 saturated carbocycles. The van der Waals surface area contributed by atoms with E-state index in [0.29, 0.717) is 13.2 Å². The second kappa shape index (κ2) is 11.3. The van der Waals surface area contributed by atoms with Gasteiger partial charge in [-0.05, 0) is 68.5 Å². The van der Waals surface area contributed by atoms with E-state index in [9.17, 15) is 4.79 Å². The molecule has 164 valence electrons. The minimum atomic E-state index is -0.431. The molecule has 6 heteroatoms. The Balaban J connectivity index is 0.00000155. The zero-order valence-electron chi connectivity index (χ0n) is 19.0. The molecule has 0 fully saturated rings. The first-order valence-electron chi connectivity index (χ1n) is 10.5. The molecule has 0 saturated heterocycles. The van der Waals surface area contributed by atoms with Gasteiger partial charge in [-0.15, -0.1) is 0 Å². The number of anilines is 1. The third-order valence-corrected chi connectivity index (χ3v) is 5.34. The Morgan fingerprint density at radius 1 is 1.23 bits per heavy atom. The fraction of sp³-hybridized carbons (Fsp3) is 0.458. The van der Waals surface area contributed by atoms with Crippen molar-refractivity contribution < 1.29 is 9.53 Å². The van der Waals surface area contributed by atoms with Crippen molar-refractivity contribution in [1.82, 2.24) is 9.80 Å². The summed E-state index contributed by atoms with van der Waals surface area (Å²) in [6, 6.07) is 12.3. The Kier molecular flexibility index (Phi) is 9.15. The van der Waals surface area contributed by atoms with Gasteiger partial charge in [0.05, 0.1) is 0 Å². The van der Waals surface area contributed by atoms with Crippen LogP contribution in [0.5, 0.6) is 0 Å². The lowest BCUT2D eigenvalue weighted by molar-refractivity contribution is 0.151. The summed E-state index contributed by atoms with van der Waals surface area (Å²) in [5.74, 6) is 0.257. The fourth-order valence-electron chi connectivity index (χ4n) is 3.58. The normalized spacial score (nSPS) is 15.8. The molecule has 2 aromatic carbocycles. The van der Waals surface area contributed by atoms with Gasteiger partial charge in [-0.3, -0.25) is 5.32 Å². The van der Waals surface area contributed by atoms with Crippen LogP contribution in [0.15, 0.2) is 36.4 Å². The fourth-order valence-corrected chi connectivity index (χ4v) is 3.92. The number of amides is 1. The maximum atomic E-state index is 11.9. The van der Waals surface area contributed by atoms with Crippen molar-refractivity contribution in [2.75, 3.05) is 46.2 Å². The Hall–Kier alpha value is -2.08. The van der Waals surface area contributed by atoms with Crippen molar-refractivity contribution in [2.24, 2.45) is 0 Å². The smallest absolute Gasteiger partial charge is 0.411 e. The number of aryl methyl sites for hydroxylation is 1. The Bertz CT molecular complexity index is 837. The van der Waals surface area contributed by atoms with Gasteiger partial charge in [-0.25, -0.2) is 4.79 Å². The summed E-state index contributed by atoms with van der Waals surface area (Å²) in [5.41, 5.74) is 5.62. The molecule has 0 aliphatic carbocycles. The molecule has 1 aliphatic rings. The first-order chi connectivity index (χ1) is 14.3. The van der Waals surface area contributed by atoms with E-state index in [1.54, 1.807) is 0 Å². The number of hydrogen-bond acceptors (Lipinski definition) is 4. The van der Waals surface area contributed by atoms with E-state index in [0.717, 1.165) is 23.8 Å². The first kappa shape index (κ1) is 24.2. The molecule has 1 unspecified atom stereocenters. The second-order valence-corrected chi connectivity index (χ2v) is 8.16. The molecule has 0 aromatic heterocycles. The van der Waals surface area contributed by atoms with Crippen LogP contribution in [0.4, 0.5) is 10.5 Å². The van der Waals surface area contributed by atoms with E-state index in [4.69, 9.17) is 16.3 Å². The standard InChI is InChI=1S/C22H28ClN3O2.C2H6/c1-15-11-18-19(13-26(4)14-20(18)21(23)12-15)16-5-7-17(8-6-16)24-22(27)28-10-9-25(2)3;1-2/h5-8,11-12,19H,9-10,13-14H2,1-4H3,(H,24,27);1-2H3. The largest absolute Gasteiger partial charge is 0.448 e. The lowest BCUT2D eigenvalue weighted by Crippen LogP contribution is -2.31. The van der Waals surface area contributed by atoms with Gasteiger partial charge in [-0.2, -0.15) is 0 Å². The minimum absolute atomic E-state index is 0.257. The number of likely N-dealkylation sites (N-methyl/N-ethyl adjacent to an activating group) is 2. The van der Waals surface area contributed by atoms with Crippen molar-refractivity contribution in [2.45, 2.75) is 33.2 Å². The predicted octanol–water partition coefficient (Wildman–Crippen LogP) is 5.36. The van der Waals surface area contributed by atoms with Gasteiger partial charge >= 0.3 is 6.09 Å². The number of rotatable bonds is 5. The molecular formula is C24H34ClN3O2. The number of ether oxygens (including phenoxy) is 1. The molecule has 0 bridgehead atoms. The number of nitrogens with one attached hydrogen (secondary N) is 1. The predicted molar refractivity (Wildman–Crippen MR) is 126 cm³/mol. The molecule has 5 nitrogen and oxygen atoms in total. The van der Waals surface area contributed by atoms with Crippen molar-refractivity contribution >= 4 is 23.4 Å². The Morgan fingerprint density at radius 3 is 2.53 bits per heavy atom. The Labute approximate surface area is 186 Å². The number of halogens is 1. The summed E-state index contributed by atoms with van der Waals surface area (Å²) in [4.78, 5) is 16.2. The number of carbonyl (C=O) groups excluding carboxylic acids is 1. The molecule has 0 radical (unpaired) electrons. The molecule has 1 N–H and O–H groups in total. The van der Waals surface area contributed by atoms with Crippen LogP contribution in [0.25, 0.3) is 0 Å². The van der Waals surface area contributed by atoms with E-state index in [1.807, 2.05) is 51.0 Å². The van der Waals surface area contributed by atoms with Gasteiger partial charge in [0.25, 0.3) is 0 Å². The summed E-state index contributed by atoms with van der Waals surface area (Å²) < 4.78 is 5.18. The van der Waals surface area contributed by atoms with Crippen molar-refractivity contribution in [3.63, 3.8) is 0 Å². The van der Waals surface area contributed by atoms with E-state index in [2.05, 4.69) is 42.4 Å². The quantitative estimate of drug-likeness (QED) is 0.691. The van der Waals surface area contributed by atoms with Gasteiger partial charge < -0.3 is 14.5 Å².